The van der Waals surface area contributed by atoms with Crippen molar-refractivity contribution >= 4 is 12.6 Å². The van der Waals surface area contributed by atoms with Crippen LogP contribution in [-0.4, -0.2) is 5.25 Å². The maximum Gasteiger partial charge on any atom is 0.00482 e. The third-order valence-corrected chi connectivity index (χ3v) is 5.11. The minimum absolute atomic E-state index is 0.462. The van der Waals surface area contributed by atoms with Gasteiger partial charge >= 0.3 is 0 Å². The average Bonchev–Trinajstić information content (AvgIpc) is 2.53. The van der Waals surface area contributed by atoms with Gasteiger partial charge in [0.25, 0.3) is 0 Å². The van der Waals surface area contributed by atoms with Gasteiger partial charge in [0.1, 0.15) is 0 Å². The maximum atomic E-state index is 4.86. The highest BCUT2D eigenvalue weighted by Crippen LogP contribution is 2.29. The number of hydrogen-bond acceptors (Lipinski definition) is 1. The molecule has 1 heteroatoms. The van der Waals surface area contributed by atoms with Gasteiger partial charge in [0, 0.05) is 5.25 Å². The lowest BCUT2D eigenvalue weighted by Crippen LogP contribution is -2.26. The highest BCUT2D eigenvalue weighted by Gasteiger charge is 2.23. The molecular weight excluding hydrogens is 272 g/mol. The Hall–Kier alpha value is -1.21. The molecule has 0 aliphatic heterocycles. The fraction of sp³-hybridized carbons (Fsp3) is 0.400. The topological polar surface area (TPSA) is 0 Å². The first kappa shape index (κ1) is 16.2. The number of hydrogen-bond donors (Lipinski definition) is 1. The number of benzene rings is 2. The molecule has 0 radical (unpaired) electrons. The predicted octanol–water partition coefficient (Wildman–Crippen LogP) is 5.43. The number of rotatable bonds is 7. The van der Waals surface area contributed by atoms with E-state index in [0.717, 1.165) is 19.3 Å². The summed E-state index contributed by atoms with van der Waals surface area (Å²) in [5, 5.41) is 0.462. The fourth-order valence-corrected chi connectivity index (χ4v) is 3.44. The first-order valence-corrected chi connectivity index (χ1v) is 8.48. The van der Waals surface area contributed by atoms with Gasteiger partial charge in [-0.3, -0.25) is 0 Å². The monoisotopic (exact) mass is 298 g/mol. The van der Waals surface area contributed by atoms with E-state index in [1.165, 1.54) is 11.1 Å². The van der Waals surface area contributed by atoms with Crippen LogP contribution >= 0.6 is 12.6 Å². The summed E-state index contributed by atoms with van der Waals surface area (Å²) >= 11 is 4.86. The quantitative estimate of drug-likeness (QED) is 0.647. The highest BCUT2D eigenvalue weighted by atomic mass is 32.1. The van der Waals surface area contributed by atoms with Gasteiger partial charge in [0.2, 0.25) is 0 Å². The highest BCUT2D eigenvalue weighted by molar-refractivity contribution is 7.81. The van der Waals surface area contributed by atoms with E-state index in [9.17, 15) is 0 Å². The van der Waals surface area contributed by atoms with Crippen LogP contribution < -0.4 is 0 Å². The lowest BCUT2D eigenvalue weighted by molar-refractivity contribution is 0.339. The van der Waals surface area contributed by atoms with E-state index in [2.05, 4.69) is 74.5 Å². The molecule has 0 spiro atoms. The van der Waals surface area contributed by atoms with Crippen molar-refractivity contribution < 1.29 is 0 Å². The first-order chi connectivity index (χ1) is 10.2. The zero-order valence-electron chi connectivity index (χ0n) is 13.1. The molecule has 3 atom stereocenters. The molecule has 0 saturated heterocycles. The molecule has 0 amide bonds. The Bertz CT molecular complexity index is 506. The van der Waals surface area contributed by atoms with E-state index >= 15 is 0 Å². The number of thiol groups is 1. The first-order valence-electron chi connectivity index (χ1n) is 7.96. The average molecular weight is 298 g/mol. The van der Waals surface area contributed by atoms with Crippen LogP contribution in [0.1, 0.15) is 31.4 Å². The van der Waals surface area contributed by atoms with Crippen molar-refractivity contribution in [3.63, 3.8) is 0 Å². The molecule has 0 bridgehead atoms. The summed E-state index contributed by atoms with van der Waals surface area (Å²) in [6.45, 7) is 4.62. The van der Waals surface area contributed by atoms with Crippen LogP contribution in [0.15, 0.2) is 60.7 Å². The molecule has 0 saturated carbocycles. The zero-order valence-corrected chi connectivity index (χ0v) is 14.0. The second-order valence-corrected chi connectivity index (χ2v) is 6.66. The Morgan fingerprint density at radius 3 is 1.76 bits per heavy atom. The van der Waals surface area contributed by atoms with Crippen LogP contribution in [0.25, 0.3) is 0 Å². The van der Waals surface area contributed by atoms with Crippen LogP contribution in [-0.2, 0) is 12.8 Å². The molecule has 112 valence electrons. The summed E-state index contributed by atoms with van der Waals surface area (Å²) in [5.74, 6) is 1.25. The summed E-state index contributed by atoms with van der Waals surface area (Å²) < 4.78 is 0. The van der Waals surface area contributed by atoms with Crippen LogP contribution in [0.3, 0.4) is 0 Å². The molecule has 0 aromatic heterocycles. The molecule has 0 fully saturated rings. The Kier molecular flexibility index (Phi) is 6.38. The summed E-state index contributed by atoms with van der Waals surface area (Å²) in [4.78, 5) is 0. The normalized spacial score (nSPS) is 15.4. The SMILES string of the molecule is CCC(S)C(Cc1ccccc1)C(C)Cc1ccccc1. The van der Waals surface area contributed by atoms with Gasteiger partial charge < -0.3 is 0 Å². The molecule has 0 nitrogen and oxygen atoms in total. The molecule has 0 heterocycles. The van der Waals surface area contributed by atoms with Crippen molar-refractivity contribution in [2.45, 2.75) is 38.4 Å². The van der Waals surface area contributed by atoms with E-state index in [0.29, 0.717) is 17.1 Å². The van der Waals surface area contributed by atoms with Crippen molar-refractivity contribution in [2.75, 3.05) is 0 Å². The van der Waals surface area contributed by atoms with Gasteiger partial charge in [-0.2, -0.15) is 12.6 Å². The van der Waals surface area contributed by atoms with E-state index in [1.54, 1.807) is 0 Å². The third kappa shape index (κ3) is 4.93. The van der Waals surface area contributed by atoms with Crippen molar-refractivity contribution in [1.29, 1.82) is 0 Å². The van der Waals surface area contributed by atoms with E-state index in [-0.39, 0.29) is 0 Å². The molecule has 0 aliphatic rings. The van der Waals surface area contributed by atoms with Gasteiger partial charge in [-0.15, -0.1) is 0 Å². The van der Waals surface area contributed by atoms with Gasteiger partial charge in [0.15, 0.2) is 0 Å². The summed E-state index contributed by atoms with van der Waals surface area (Å²) in [6.07, 6.45) is 3.38. The second kappa shape index (κ2) is 8.29. The molecular formula is C20H26S. The third-order valence-electron chi connectivity index (χ3n) is 4.36. The van der Waals surface area contributed by atoms with Gasteiger partial charge in [-0.05, 0) is 42.2 Å². The minimum atomic E-state index is 0.462. The van der Waals surface area contributed by atoms with Crippen LogP contribution in [0, 0.1) is 11.8 Å². The van der Waals surface area contributed by atoms with Crippen LogP contribution in [0.5, 0.6) is 0 Å². The molecule has 2 rings (SSSR count). The van der Waals surface area contributed by atoms with Crippen molar-refractivity contribution in [1.82, 2.24) is 0 Å². The van der Waals surface area contributed by atoms with Gasteiger partial charge in [-0.1, -0.05) is 74.5 Å². The largest absolute Gasteiger partial charge is 0.176 e. The summed E-state index contributed by atoms with van der Waals surface area (Å²) in [6, 6.07) is 21.6. The lowest BCUT2D eigenvalue weighted by Gasteiger charge is -2.29. The van der Waals surface area contributed by atoms with E-state index in [4.69, 9.17) is 12.6 Å². The van der Waals surface area contributed by atoms with Crippen LogP contribution in [0.4, 0.5) is 0 Å². The minimum Gasteiger partial charge on any atom is -0.176 e. The Morgan fingerprint density at radius 1 is 0.810 bits per heavy atom. The summed E-state index contributed by atoms with van der Waals surface area (Å²) in [7, 11) is 0. The second-order valence-electron chi connectivity index (χ2n) is 6.00. The van der Waals surface area contributed by atoms with Crippen LogP contribution in [0.2, 0.25) is 0 Å². The van der Waals surface area contributed by atoms with Crippen molar-refractivity contribution in [3.05, 3.63) is 71.8 Å². The molecule has 2 aromatic rings. The lowest BCUT2D eigenvalue weighted by atomic mass is 9.81. The van der Waals surface area contributed by atoms with Crippen molar-refractivity contribution in [3.8, 4) is 0 Å². The van der Waals surface area contributed by atoms with E-state index in [1.807, 2.05) is 0 Å². The summed E-state index contributed by atoms with van der Waals surface area (Å²) in [5.41, 5.74) is 2.86. The smallest absolute Gasteiger partial charge is 0.00482 e. The molecule has 2 aromatic carbocycles. The molecule has 0 aliphatic carbocycles. The Balaban J connectivity index is 2.08. The molecule has 3 unspecified atom stereocenters. The van der Waals surface area contributed by atoms with Gasteiger partial charge in [-0.25, -0.2) is 0 Å². The zero-order chi connectivity index (χ0) is 15.1. The molecule has 0 N–H and O–H groups in total. The Labute approximate surface area is 135 Å². The van der Waals surface area contributed by atoms with Gasteiger partial charge in [0.05, 0.1) is 0 Å². The fourth-order valence-electron chi connectivity index (χ4n) is 3.04. The van der Waals surface area contributed by atoms with E-state index < -0.39 is 0 Å². The Morgan fingerprint density at radius 2 is 1.29 bits per heavy atom. The maximum absolute atomic E-state index is 4.86. The van der Waals surface area contributed by atoms with Crippen molar-refractivity contribution in [2.24, 2.45) is 11.8 Å². The molecule has 21 heavy (non-hydrogen) atoms. The predicted molar refractivity (Wildman–Crippen MR) is 96.0 cm³/mol. The standard InChI is InChI=1S/C20H26S/c1-3-20(21)19(15-18-12-8-5-9-13-18)16(2)14-17-10-6-4-7-11-17/h4-13,16,19-21H,3,14-15H2,1-2H3.